The first-order valence-electron chi connectivity index (χ1n) is 4.23. The summed E-state index contributed by atoms with van der Waals surface area (Å²) in [6.45, 7) is 1.34. The van der Waals surface area contributed by atoms with Crippen LogP contribution in [0.4, 0.5) is 4.39 Å². The third kappa shape index (κ3) is 1.37. The number of carbonyl (C=O) groups is 1. The molecule has 2 nitrogen and oxygen atoms in total. The molecule has 2 aromatic rings. The maximum atomic E-state index is 13.3. The Labute approximate surface area is 80.4 Å². The highest BCUT2D eigenvalue weighted by Gasteiger charge is 2.08. The lowest BCUT2D eigenvalue weighted by Gasteiger charge is -2.01. The smallest absolute Gasteiger partial charge is 0.162 e. The van der Waals surface area contributed by atoms with E-state index in [1.807, 2.05) is 0 Å². The van der Waals surface area contributed by atoms with Gasteiger partial charge in [0, 0.05) is 11.6 Å². The van der Waals surface area contributed by atoms with E-state index in [4.69, 9.17) is 0 Å². The maximum absolute atomic E-state index is 13.3. The van der Waals surface area contributed by atoms with Gasteiger partial charge in [-0.2, -0.15) is 0 Å². The molecule has 1 aromatic carbocycles. The number of pyridine rings is 1. The summed E-state index contributed by atoms with van der Waals surface area (Å²) in [5, 5.41) is 0.704. The molecule has 0 unspecified atom stereocenters. The van der Waals surface area contributed by atoms with Crippen LogP contribution in [0.25, 0.3) is 10.9 Å². The highest BCUT2D eigenvalue weighted by Crippen LogP contribution is 2.17. The number of aromatic nitrogens is 1. The van der Waals surface area contributed by atoms with Gasteiger partial charge in [-0.25, -0.2) is 4.39 Å². The molecule has 1 heterocycles. The summed E-state index contributed by atoms with van der Waals surface area (Å²) in [6, 6.07) is 6.30. The molecule has 0 bridgehead atoms. The Hall–Kier alpha value is -1.77. The van der Waals surface area contributed by atoms with Crippen LogP contribution in [-0.2, 0) is 0 Å². The molecule has 0 N–H and O–H groups in total. The lowest BCUT2D eigenvalue weighted by atomic mass is 10.1. The summed E-state index contributed by atoms with van der Waals surface area (Å²) < 4.78 is 13.3. The molecule has 0 aliphatic carbocycles. The second kappa shape index (κ2) is 3.18. The Bertz CT molecular complexity index is 508. The average molecular weight is 189 g/mol. The molecular formula is C11H8FNO. The largest absolute Gasteiger partial charge is 0.294 e. The van der Waals surface area contributed by atoms with Gasteiger partial charge >= 0.3 is 0 Å². The van der Waals surface area contributed by atoms with Crippen LogP contribution in [0.1, 0.15) is 17.3 Å². The molecule has 3 heteroatoms. The van der Waals surface area contributed by atoms with Crippen LogP contribution >= 0.6 is 0 Å². The first-order valence-corrected chi connectivity index (χ1v) is 4.23. The Morgan fingerprint density at radius 2 is 2.21 bits per heavy atom. The highest BCUT2D eigenvalue weighted by atomic mass is 19.1. The van der Waals surface area contributed by atoms with Crippen molar-refractivity contribution >= 4 is 16.7 Å². The number of hydrogen-bond acceptors (Lipinski definition) is 2. The van der Waals surface area contributed by atoms with Gasteiger partial charge in [-0.3, -0.25) is 9.78 Å². The number of Topliss-reactive ketones (excluding diaryl/α,β-unsaturated/α-hetero) is 1. The number of hydrogen-bond donors (Lipinski definition) is 0. The molecule has 0 saturated heterocycles. The van der Waals surface area contributed by atoms with Gasteiger partial charge in [-0.05, 0) is 25.1 Å². The molecule has 0 fully saturated rings. The van der Waals surface area contributed by atoms with E-state index >= 15 is 0 Å². The van der Waals surface area contributed by atoms with Crippen LogP contribution in [0.5, 0.6) is 0 Å². The van der Waals surface area contributed by atoms with Crippen molar-refractivity contribution in [1.82, 2.24) is 4.98 Å². The molecule has 0 spiro atoms. The molecule has 0 amide bonds. The van der Waals surface area contributed by atoms with Crippen molar-refractivity contribution in [2.75, 3.05) is 0 Å². The van der Waals surface area contributed by atoms with Gasteiger partial charge < -0.3 is 0 Å². The van der Waals surface area contributed by atoms with Gasteiger partial charge in [0.15, 0.2) is 5.78 Å². The lowest BCUT2D eigenvalue weighted by Crippen LogP contribution is -1.97. The van der Waals surface area contributed by atoms with Crippen molar-refractivity contribution in [3.8, 4) is 0 Å². The van der Waals surface area contributed by atoms with Gasteiger partial charge in [-0.1, -0.05) is 6.07 Å². The molecule has 1 aromatic heterocycles. The fourth-order valence-corrected chi connectivity index (χ4v) is 1.36. The van der Waals surface area contributed by atoms with E-state index < -0.39 is 5.82 Å². The number of rotatable bonds is 1. The van der Waals surface area contributed by atoms with Crippen LogP contribution in [0.3, 0.4) is 0 Å². The predicted molar refractivity (Wildman–Crippen MR) is 51.7 cm³/mol. The minimum Gasteiger partial charge on any atom is -0.294 e. The second-order valence-corrected chi connectivity index (χ2v) is 3.08. The van der Waals surface area contributed by atoms with E-state index in [2.05, 4.69) is 4.98 Å². The number of nitrogens with zero attached hydrogens (tertiary/aromatic N) is 1. The number of fused-ring (bicyclic) bond motifs is 1. The molecule has 0 aliphatic rings. The van der Waals surface area contributed by atoms with Crippen molar-refractivity contribution < 1.29 is 9.18 Å². The number of halogens is 1. The summed E-state index contributed by atoms with van der Waals surface area (Å²) >= 11 is 0. The van der Waals surface area contributed by atoms with Crippen LogP contribution in [-0.4, -0.2) is 10.8 Å². The summed E-state index contributed by atoms with van der Waals surface area (Å²) in [6.07, 6.45) is 1.62. The summed E-state index contributed by atoms with van der Waals surface area (Å²) in [4.78, 5) is 15.1. The fraction of sp³-hybridized carbons (Fsp3) is 0.0909. The fourth-order valence-electron chi connectivity index (χ4n) is 1.36. The monoisotopic (exact) mass is 189 g/mol. The molecular weight excluding hydrogens is 181 g/mol. The summed E-state index contributed by atoms with van der Waals surface area (Å²) in [7, 11) is 0. The van der Waals surface area contributed by atoms with Crippen molar-refractivity contribution in [3.05, 3.63) is 41.8 Å². The maximum Gasteiger partial charge on any atom is 0.162 e. The van der Waals surface area contributed by atoms with Gasteiger partial charge in [0.2, 0.25) is 0 Å². The van der Waals surface area contributed by atoms with Gasteiger partial charge in [0.1, 0.15) is 5.82 Å². The third-order valence-corrected chi connectivity index (χ3v) is 2.07. The zero-order chi connectivity index (χ0) is 10.1. The van der Waals surface area contributed by atoms with E-state index in [1.165, 1.54) is 19.1 Å². The SMILES string of the molecule is CC(=O)c1cc2ncccc2cc1F. The van der Waals surface area contributed by atoms with Crippen molar-refractivity contribution in [2.45, 2.75) is 6.92 Å². The topological polar surface area (TPSA) is 30.0 Å². The molecule has 0 radical (unpaired) electrons. The van der Waals surface area contributed by atoms with Crippen LogP contribution in [0.2, 0.25) is 0 Å². The standard InChI is InChI=1S/C11H8FNO/c1-7(14)9-6-11-8(5-10(9)12)3-2-4-13-11/h2-6H,1H3. The van der Waals surface area contributed by atoms with Crippen LogP contribution in [0, 0.1) is 5.82 Å². The van der Waals surface area contributed by atoms with Gasteiger partial charge in [0.25, 0.3) is 0 Å². The van der Waals surface area contributed by atoms with E-state index in [9.17, 15) is 9.18 Å². The zero-order valence-corrected chi connectivity index (χ0v) is 7.62. The summed E-state index contributed by atoms with van der Waals surface area (Å²) in [5.41, 5.74) is 0.732. The minimum absolute atomic E-state index is 0.0937. The van der Waals surface area contributed by atoms with Crippen molar-refractivity contribution in [3.63, 3.8) is 0 Å². The quantitative estimate of drug-likeness (QED) is 0.645. The Morgan fingerprint density at radius 1 is 1.43 bits per heavy atom. The Balaban J connectivity index is 2.77. The highest BCUT2D eigenvalue weighted by molar-refractivity contribution is 5.97. The number of carbonyl (C=O) groups excluding carboxylic acids is 1. The molecule has 14 heavy (non-hydrogen) atoms. The third-order valence-electron chi connectivity index (χ3n) is 2.07. The molecule has 70 valence electrons. The van der Waals surface area contributed by atoms with Crippen LogP contribution in [0.15, 0.2) is 30.5 Å². The molecule has 0 atom stereocenters. The van der Waals surface area contributed by atoms with Crippen LogP contribution < -0.4 is 0 Å². The van der Waals surface area contributed by atoms with E-state index in [0.717, 1.165) is 0 Å². The van der Waals surface area contributed by atoms with E-state index in [-0.39, 0.29) is 11.3 Å². The zero-order valence-electron chi connectivity index (χ0n) is 7.62. The number of ketones is 1. The lowest BCUT2D eigenvalue weighted by molar-refractivity contribution is 0.101. The Morgan fingerprint density at radius 3 is 2.93 bits per heavy atom. The number of benzene rings is 1. The van der Waals surface area contributed by atoms with Crippen molar-refractivity contribution in [2.24, 2.45) is 0 Å². The first-order chi connectivity index (χ1) is 6.68. The van der Waals surface area contributed by atoms with Crippen molar-refractivity contribution in [1.29, 1.82) is 0 Å². The molecule has 2 rings (SSSR count). The predicted octanol–water partition coefficient (Wildman–Crippen LogP) is 2.58. The van der Waals surface area contributed by atoms with Gasteiger partial charge in [0.05, 0.1) is 11.1 Å². The van der Waals surface area contributed by atoms with Gasteiger partial charge in [-0.15, -0.1) is 0 Å². The normalized spacial score (nSPS) is 10.4. The molecule has 0 aliphatic heterocycles. The average Bonchev–Trinajstić information content (AvgIpc) is 2.16. The Kier molecular flexibility index (Phi) is 2.00. The second-order valence-electron chi connectivity index (χ2n) is 3.08. The molecule has 0 saturated carbocycles. The first kappa shape index (κ1) is 8.81. The van der Waals surface area contributed by atoms with E-state index in [1.54, 1.807) is 18.3 Å². The summed E-state index contributed by atoms with van der Waals surface area (Å²) in [5.74, 6) is -0.770. The van der Waals surface area contributed by atoms with E-state index in [0.29, 0.717) is 10.9 Å². The minimum atomic E-state index is -0.488.